The Hall–Kier alpha value is -3.35. The maximum absolute atomic E-state index is 13.2. The molecule has 2 unspecified atom stereocenters. The molecule has 0 spiro atoms. The van der Waals surface area contributed by atoms with Gasteiger partial charge in [-0.2, -0.15) is 0 Å². The van der Waals surface area contributed by atoms with Gasteiger partial charge in [0, 0.05) is 66.4 Å². The number of carbonyl (C=O) groups is 1. The summed E-state index contributed by atoms with van der Waals surface area (Å²) >= 11 is 0. The number of benzene rings is 1. The second-order valence-electron chi connectivity index (χ2n) is 7.72. The molecular formula is C22H19FN4O2. The van der Waals surface area contributed by atoms with E-state index in [0.717, 1.165) is 23.2 Å². The second kappa shape index (κ2) is 6.92. The molecule has 0 aliphatic carbocycles. The second-order valence-corrected chi connectivity index (χ2v) is 7.72. The van der Waals surface area contributed by atoms with Crippen molar-refractivity contribution in [2.75, 3.05) is 13.1 Å². The molecule has 0 saturated carbocycles. The van der Waals surface area contributed by atoms with Gasteiger partial charge in [0.1, 0.15) is 12.1 Å². The largest absolute Gasteiger partial charge is 0.338 e. The quantitative estimate of drug-likeness (QED) is 0.675. The van der Waals surface area contributed by atoms with Crippen LogP contribution in [-0.2, 0) is 6.54 Å². The topological polar surface area (TPSA) is 68.1 Å². The van der Waals surface area contributed by atoms with Gasteiger partial charge >= 0.3 is 0 Å². The predicted octanol–water partition coefficient (Wildman–Crippen LogP) is 2.70. The number of halogens is 1. The molecule has 4 heterocycles. The number of piperidine rings is 1. The van der Waals surface area contributed by atoms with Crippen LogP contribution in [0.5, 0.6) is 0 Å². The van der Waals surface area contributed by atoms with E-state index in [1.54, 1.807) is 18.5 Å². The van der Waals surface area contributed by atoms with Crippen LogP contribution in [0.2, 0.25) is 0 Å². The van der Waals surface area contributed by atoms with Crippen molar-refractivity contribution in [2.24, 2.45) is 5.92 Å². The summed E-state index contributed by atoms with van der Waals surface area (Å²) < 4.78 is 15.1. The number of pyridine rings is 1. The SMILES string of the molecule is O=C(c1ccc(F)cc1)N1CC2CC(C1)c1c(-c3cncnc3)ccc(=O)n1C2. The van der Waals surface area contributed by atoms with Gasteiger partial charge in [0.05, 0.1) is 0 Å². The number of rotatable bonds is 2. The smallest absolute Gasteiger partial charge is 0.253 e. The van der Waals surface area contributed by atoms with Crippen LogP contribution in [0.25, 0.3) is 11.1 Å². The first-order valence-corrected chi connectivity index (χ1v) is 9.64. The highest BCUT2D eigenvalue weighted by Gasteiger charge is 2.38. The third-order valence-corrected chi connectivity index (χ3v) is 5.84. The predicted molar refractivity (Wildman–Crippen MR) is 105 cm³/mol. The molecule has 2 aliphatic rings. The van der Waals surface area contributed by atoms with Gasteiger partial charge in [-0.3, -0.25) is 9.59 Å². The van der Waals surface area contributed by atoms with Gasteiger partial charge in [0.25, 0.3) is 11.5 Å². The summed E-state index contributed by atoms with van der Waals surface area (Å²) in [6, 6.07) is 9.07. The lowest BCUT2D eigenvalue weighted by atomic mass is 9.80. The summed E-state index contributed by atoms with van der Waals surface area (Å²) in [6.45, 7) is 1.70. The lowest BCUT2D eigenvalue weighted by Crippen LogP contribution is -2.49. The first kappa shape index (κ1) is 17.7. The summed E-state index contributed by atoms with van der Waals surface area (Å²) in [5, 5.41) is 0. The zero-order valence-corrected chi connectivity index (χ0v) is 15.7. The van der Waals surface area contributed by atoms with E-state index in [1.165, 1.54) is 30.6 Å². The molecule has 3 aromatic rings. The van der Waals surface area contributed by atoms with Crippen LogP contribution in [0, 0.1) is 11.7 Å². The van der Waals surface area contributed by atoms with E-state index >= 15 is 0 Å². The van der Waals surface area contributed by atoms with Gasteiger partial charge in [0.15, 0.2) is 0 Å². The number of likely N-dealkylation sites (tertiary alicyclic amines) is 1. The fourth-order valence-electron chi connectivity index (χ4n) is 4.64. The van der Waals surface area contributed by atoms with Crippen molar-refractivity contribution in [3.8, 4) is 11.1 Å². The Morgan fingerprint density at radius 1 is 1.00 bits per heavy atom. The zero-order chi connectivity index (χ0) is 20.0. The summed E-state index contributed by atoms with van der Waals surface area (Å²) in [4.78, 5) is 35.6. The number of aromatic nitrogens is 3. The monoisotopic (exact) mass is 390 g/mol. The summed E-state index contributed by atoms with van der Waals surface area (Å²) in [5.41, 5.74) is 3.20. The van der Waals surface area contributed by atoms with Gasteiger partial charge in [-0.15, -0.1) is 0 Å². The molecule has 0 N–H and O–H groups in total. The van der Waals surface area contributed by atoms with Crippen LogP contribution < -0.4 is 5.56 Å². The van der Waals surface area contributed by atoms with Gasteiger partial charge in [-0.1, -0.05) is 0 Å². The molecule has 1 fully saturated rings. The molecule has 2 atom stereocenters. The standard InChI is InChI=1S/C22H19FN4O2/c23-18-3-1-15(2-4-18)22(29)26-10-14-7-16(12-26)21-19(17-8-24-13-25-9-17)5-6-20(28)27(21)11-14/h1-6,8-9,13-14,16H,7,10-12H2. The Labute approximate surface area is 166 Å². The maximum Gasteiger partial charge on any atom is 0.253 e. The Bertz CT molecular complexity index is 1130. The highest BCUT2D eigenvalue weighted by atomic mass is 19.1. The van der Waals surface area contributed by atoms with Gasteiger partial charge < -0.3 is 9.47 Å². The van der Waals surface area contributed by atoms with Crippen molar-refractivity contribution < 1.29 is 9.18 Å². The van der Waals surface area contributed by atoms with Crippen LogP contribution in [0.3, 0.4) is 0 Å². The van der Waals surface area contributed by atoms with E-state index in [2.05, 4.69) is 9.97 Å². The molecule has 7 heteroatoms. The third-order valence-electron chi connectivity index (χ3n) is 5.84. The van der Waals surface area contributed by atoms with E-state index < -0.39 is 0 Å². The highest BCUT2D eigenvalue weighted by Crippen LogP contribution is 2.39. The van der Waals surface area contributed by atoms with Crippen molar-refractivity contribution in [1.82, 2.24) is 19.4 Å². The first-order chi connectivity index (χ1) is 14.1. The number of hydrogen-bond donors (Lipinski definition) is 0. The first-order valence-electron chi connectivity index (χ1n) is 9.64. The van der Waals surface area contributed by atoms with Crippen molar-refractivity contribution >= 4 is 5.91 Å². The van der Waals surface area contributed by atoms with Crippen molar-refractivity contribution in [3.63, 3.8) is 0 Å². The summed E-state index contributed by atoms with van der Waals surface area (Å²) in [6.07, 6.45) is 5.89. The van der Waals surface area contributed by atoms with Gasteiger partial charge in [0.2, 0.25) is 0 Å². The summed E-state index contributed by atoms with van der Waals surface area (Å²) in [7, 11) is 0. The number of nitrogens with zero attached hydrogens (tertiary/aromatic N) is 4. The minimum Gasteiger partial charge on any atom is -0.338 e. The Morgan fingerprint density at radius 2 is 1.76 bits per heavy atom. The number of amides is 1. The summed E-state index contributed by atoms with van der Waals surface area (Å²) in [5.74, 6) is -0.197. The van der Waals surface area contributed by atoms with Crippen molar-refractivity contribution in [3.05, 3.63) is 82.5 Å². The van der Waals surface area contributed by atoms with Crippen LogP contribution >= 0.6 is 0 Å². The van der Waals surface area contributed by atoms with E-state index in [-0.39, 0.29) is 29.1 Å². The van der Waals surface area contributed by atoms with Gasteiger partial charge in [-0.25, -0.2) is 14.4 Å². The fraction of sp³-hybridized carbons (Fsp3) is 0.273. The van der Waals surface area contributed by atoms with Crippen LogP contribution in [-0.4, -0.2) is 38.4 Å². The van der Waals surface area contributed by atoms with Crippen LogP contribution in [0.4, 0.5) is 4.39 Å². The van der Waals surface area contributed by atoms with E-state index in [4.69, 9.17) is 0 Å². The average molecular weight is 390 g/mol. The molecule has 1 aromatic carbocycles. The Morgan fingerprint density at radius 3 is 2.52 bits per heavy atom. The van der Waals surface area contributed by atoms with Crippen LogP contribution in [0.15, 0.2) is 59.9 Å². The molecule has 6 nitrogen and oxygen atoms in total. The zero-order valence-electron chi connectivity index (χ0n) is 15.7. The molecule has 29 heavy (non-hydrogen) atoms. The minimum absolute atomic E-state index is 0.0198. The number of fused-ring (bicyclic) bond motifs is 4. The molecular weight excluding hydrogens is 371 g/mol. The van der Waals surface area contributed by atoms with Crippen LogP contribution in [0.1, 0.15) is 28.4 Å². The normalized spacial score (nSPS) is 20.2. The van der Waals surface area contributed by atoms with E-state index in [9.17, 15) is 14.0 Å². The molecule has 146 valence electrons. The lowest BCUT2D eigenvalue weighted by molar-refractivity contribution is 0.0595. The average Bonchev–Trinajstić information content (AvgIpc) is 2.75. The van der Waals surface area contributed by atoms with Gasteiger partial charge in [-0.05, 0) is 42.7 Å². The number of hydrogen-bond acceptors (Lipinski definition) is 4. The molecule has 2 bridgehead atoms. The van der Waals surface area contributed by atoms with Crippen molar-refractivity contribution in [2.45, 2.75) is 18.9 Å². The molecule has 2 aromatic heterocycles. The molecule has 1 amide bonds. The van der Waals surface area contributed by atoms with E-state index in [1.807, 2.05) is 15.5 Å². The number of carbonyl (C=O) groups excluding carboxylic acids is 1. The van der Waals surface area contributed by atoms with E-state index in [0.29, 0.717) is 25.2 Å². The molecule has 5 rings (SSSR count). The Balaban J connectivity index is 1.53. The Kier molecular flexibility index (Phi) is 4.23. The molecule has 2 aliphatic heterocycles. The lowest BCUT2D eigenvalue weighted by Gasteiger charge is -2.43. The maximum atomic E-state index is 13.2. The highest BCUT2D eigenvalue weighted by molar-refractivity contribution is 5.94. The molecule has 1 saturated heterocycles. The minimum atomic E-state index is -0.361. The third kappa shape index (κ3) is 3.12. The van der Waals surface area contributed by atoms with Crippen molar-refractivity contribution in [1.29, 1.82) is 0 Å². The fourth-order valence-corrected chi connectivity index (χ4v) is 4.64. The molecule has 0 radical (unpaired) electrons.